The molecule has 2 N–H and O–H groups in total. The predicted molar refractivity (Wildman–Crippen MR) is 132 cm³/mol. The molecule has 0 bridgehead atoms. The molecule has 0 aliphatic carbocycles. The Labute approximate surface area is 206 Å². The van der Waals surface area contributed by atoms with Gasteiger partial charge in [-0.15, -0.1) is 0 Å². The van der Waals surface area contributed by atoms with Crippen molar-refractivity contribution in [3.63, 3.8) is 0 Å². The van der Waals surface area contributed by atoms with Crippen LogP contribution >= 0.6 is 0 Å². The molecule has 9 nitrogen and oxygen atoms in total. The lowest BCUT2D eigenvalue weighted by atomic mass is 10.2. The first-order valence-electron chi connectivity index (χ1n) is 11.6. The van der Waals surface area contributed by atoms with E-state index in [1.165, 1.54) is 4.90 Å². The summed E-state index contributed by atoms with van der Waals surface area (Å²) in [6.07, 6.45) is -1.11. The minimum Gasteiger partial charge on any atom is -0.445 e. The van der Waals surface area contributed by atoms with Crippen molar-refractivity contribution in [1.29, 1.82) is 0 Å². The number of nitrogens with zero attached hydrogens (tertiary/aromatic N) is 1. The Hall–Kier alpha value is -3.75. The van der Waals surface area contributed by atoms with E-state index in [0.29, 0.717) is 19.5 Å². The maximum Gasteiger partial charge on any atom is 0.410 e. The van der Waals surface area contributed by atoms with Crippen LogP contribution < -0.4 is 10.6 Å². The molecule has 0 aromatic heterocycles. The standard InChI is InChI=1S/C26H35N3O6/c1-26(2,3)35-24(31)27-15-10-17-29(25(32)34-20-22-13-8-5-9-14-22)18-16-28-23(30)33-19-21-11-6-4-7-12-21/h4-9,11-14H,10,15-20H2,1-3H3,(H,27,31)(H,28,30). The van der Waals surface area contributed by atoms with Crippen LogP contribution in [0.1, 0.15) is 38.3 Å². The Kier molecular flexibility index (Phi) is 11.4. The number of amides is 3. The highest BCUT2D eigenvalue weighted by molar-refractivity contribution is 5.69. The molecular formula is C26H35N3O6. The summed E-state index contributed by atoms with van der Waals surface area (Å²) in [6, 6.07) is 18.7. The zero-order valence-corrected chi connectivity index (χ0v) is 20.6. The van der Waals surface area contributed by atoms with Crippen molar-refractivity contribution in [3.8, 4) is 0 Å². The summed E-state index contributed by atoms with van der Waals surface area (Å²) in [7, 11) is 0. The topological polar surface area (TPSA) is 106 Å². The molecule has 2 aromatic rings. The Morgan fingerprint density at radius 2 is 1.29 bits per heavy atom. The van der Waals surface area contributed by atoms with Gasteiger partial charge in [-0.2, -0.15) is 0 Å². The molecule has 0 fully saturated rings. The van der Waals surface area contributed by atoms with Crippen molar-refractivity contribution in [2.45, 2.75) is 46.0 Å². The molecule has 0 aliphatic heterocycles. The number of ether oxygens (including phenoxy) is 3. The molecule has 0 atom stereocenters. The number of alkyl carbamates (subject to hydrolysis) is 2. The number of carbonyl (C=O) groups excluding carboxylic acids is 3. The predicted octanol–water partition coefficient (Wildman–Crippen LogP) is 4.47. The molecule has 3 amide bonds. The molecule has 0 saturated carbocycles. The zero-order valence-electron chi connectivity index (χ0n) is 20.6. The highest BCUT2D eigenvalue weighted by Gasteiger charge is 2.18. The number of hydrogen-bond donors (Lipinski definition) is 2. The highest BCUT2D eigenvalue weighted by atomic mass is 16.6. The molecule has 2 aromatic carbocycles. The van der Waals surface area contributed by atoms with Gasteiger partial charge in [0.05, 0.1) is 0 Å². The molecule has 0 unspecified atom stereocenters. The number of nitrogens with one attached hydrogen (secondary N) is 2. The second kappa shape index (κ2) is 14.5. The van der Waals surface area contributed by atoms with Gasteiger partial charge in [0.25, 0.3) is 0 Å². The summed E-state index contributed by atoms with van der Waals surface area (Å²) in [6.45, 7) is 6.71. The van der Waals surface area contributed by atoms with Gasteiger partial charge in [0.1, 0.15) is 18.8 Å². The van der Waals surface area contributed by atoms with E-state index in [2.05, 4.69) is 10.6 Å². The fraction of sp³-hybridized carbons (Fsp3) is 0.423. The van der Waals surface area contributed by atoms with Crippen LogP contribution in [-0.4, -0.2) is 55.0 Å². The monoisotopic (exact) mass is 485 g/mol. The minimum absolute atomic E-state index is 0.138. The molecule has 190 valence electrons. The molecule has 2 rings (SSSR count). The Balaban J connectivity index is 1.79. The van der Waals surface area contributed by atoms with Crippen molar-refractivity contribution in [2.24, 2.45) is 0 Å². The van der Waals surface area contributed by atoms with Gasteiger partial charge >= 0.3 is 18.3 Å². The van der Waals surface area contributed by atoms with Crippen LogP contribution in [0.4, 0.5) is 14.4 Å². The molecule has 35 heavy (non-hydrogen) atoms. The van der Waals surface area contributed by atoms with E-state index in [0.717, 1.165) is 11.1 Å². The van der Waals surface area contributed by atoms with E-state index in [-0.39, 0.29) is 26.3 Å². The lowest BCUT2D eigenvalue weighted by Gasteiger charge is -2.23. The van der Waals surface area contributed by atoms with Crippen molar-refractivity contribution >= 4 is 18.3 Å². The van der Waals surface area contributed by atoms with Gasteiger partial charge < -0.3 is 29.7 Å². The summed E-state index contributed by atoms with van der Waals surface area (Å²) in [4.78, 5) is 38.0. The number of hydrogen-bond acceptors (Lipinski definition) is 6. The van der Waals surface area contributed by atoms with Crippen molar-refractivity contribution in [2.75, 3.05) is 26.2 Å². The van der Waals surface area contributed by atoms with Gasteiger partial charge in [0.15, 0.2) is 0 Å². The molecule has 0 saturated heterocycles. The highest BCUT2D eigenvalue weighted by Crippen LogP contribution is 2.07. The van der Waals surface area contributed by atoms with Gasteiger partial charge in [-0.25, -0.2) is 14.4 Å². The van der Waals surface area contributed by atoms with Crippen molar-refractivity contribution in [3.05, 3.63) is 71.8 Å². The van der Waals surface area contributed by atoms with E-state index >= 15 is 0 Å². The minimum atomic E-state index is -0.585. The summed E-state index contributed by atoms with van der Waals surface area (Å²) in [5.41, 5.74) is 1.17. The van der Waals surface area contributed by atoms with E-state index in [1.807, 2.05) is 60.7 Å². The van der Waals surface area contributed by atoms with E-state index < -0.39 is 23.9 Å². The fourth-order valence-electron chi connectivity index (χ4n) is 2.95. The third kappa shape index (κ3) is 12.3. The van der Waals surface area contributed by atoms with E-state index in [1.54, 1.807) is 20.8 Å². The van der Waals surface area contributed by atoms with Gasteiger partial charge in [-0.1, -0.05) is 60.7 Å². The Morgan fingerprint density at radius 1 is 0.743 bits per heavy atom. The Morgan fingerprint density at radius 3 is 1.86 bits per heavy atom. The van der Waals surface area contributed by atoms with Crippen LogP contribution in [0, 0.1) is 0 Å². The maximum atomic E-state index is 12.7. The molecular weight excluding hydrogens is 450 g/mol. The molecule has 0 radical (unpaired) electrons. The van der Waals surface area contributed by atoms with Gasteiger partial charge in [-0.3, -0.25) is 0 Å². The largest absolute Gasteiger partial charge is 0.445 e. The first-order valence-corrected chi connectivity index (χ1v) is 11.6. The van der Waals surface area contributed by atoms with Crippen LogP contribution in [0.3, 0.4) is 0 Å². The van der Waals surface area contributed by atoms with Gasteiger partial charge in [0, 0.05) is 26.2 Å². The van der Waals surface area contributed by atoms with Crippen LogP contribution in [0.25, 0.3) is 0 Å². The average molecular weight is 486 g/mol. The molecule has 9 heteroatoms. The second-order valence-electron chi connectivity index (χ2n) is 8.80. The van der Waals surface area contributed by atoms with Crippen LogP contribution in [0.2, 0.25) is 0 Å². The van der Waals surface area contributed by atoms with Crippen molar-refractivity contribution in [1.82, 2.24) is 15.5 Å². The van der Waals surface area contributed by atoms with Crippen LogP contribution in [-0.2, 0) is 27.4 Å². The SMILES string of the molecule is CC(C)(C)OC(=O)NCCCN(CCNC(=O)OCc1ccccc1)C(=O)OCc1ccccc1. The maximum absolute atomic E-state index is 12.7. The first-order chi connectivity index (χ1) is 16.7. The lowest BCUT2D eigenvalue weighted by Crippen LogP contribution is -2.40. The number of benzene rings is 2. The van der Waals surface area contributed by atoms with Gasteiger partial charge in [0.2, 0.25) is 0 Å². The number of carbonyl (C=O) groups is 3. The van der Waals surface area contributed by atoms with Gasteiger partial charge in [-0.05, 0) is 38.3 Å². The lowest BCUT2D eigenvalue weighted by molar-refractivity contribution is 0.0525. The quantitative estimate of drug-likeness (QED) is 0.359. The first kappa shape index (κ1) is 27.5. The smallest absolute Gasteiger partial charge is 0.410 e. The molecule has 0 aliphatic rings. The third-order valence-electron chi connectivity index (χ3n) is 4.60. The van der Waals surface area contributed by atoms with E-state index in [9.17, 15) is 14.4 Å². The normalized spacial score (nSPS) is 10.7. The van der Waals surface area contributed by atoms with Crippen LogP contribution in [0.15, 0.2) is 60.7 Å². The van der Waals surface area contributed by atoms with Crippen molar-refractivity contribution < 1.29 is 28.6 Å². The summed E-state index contributed by atoms with van der Waals surface area (Å²) < 4.78 is 15.8. The summed E-state index contributed by atoms with van der Waals surface area (Å²) in [5, 5.41) is 5.31. The molecule has 0 spiro atoms. The summed E-state index contributed by atoms with van der Waals surface area (Å²) >= 11 is 0. The number of rotatable bonds is 11. The average Bonchev–Trinajstić information content (AvgIpc) is 2.83. The fourth-order valence-corrected chi connectivity index (χ4v) is 2.95. The van der Waals surface area contributed by atoms with E-state index in [4.69, 9.17) is 14.2 Å². The second-order valence-corrected chi connectivity index (χ2v) is 8.80. The summed E-state index contributed by atoms with van der Waals surface area (Å²) in [5.74, 6) is 0. The third-order valence-corrected chi connectivity index (χ3v) is 4.60. The van der Waals surface area contributed by atoms with Crippen LogP contribution in [0.5, 0.6) is 0 Å². The Bertz CT molecular complexity index is 916. The molecule has 0 heterocycles. The zero-order chi connectivity index (χ0) is 25.5.